The lowest BCUT2D eigenvalue weighted by atomic mass is 9.94. The lowest BCUT2D eigenvalue weighted by Gasteiger charge is -2.35. The minimum Gasteiger partial charge on any atom is -0.375 e. The van der Waals surface area contributed by atoms with Crippen molar-refractivity contribution in [2.24, 2.45) is 0 Å². The molecule has 19 heavy (non-hydrogen) atoms. The smallest absolute Gasteiger partial charge is 0.0762 e. The van der Waals surface area contributed by atoms with Crippen LogP contribution in [0.2, 0.25) is 0 Å². The molecular weight excluding hydrogens is 238 g/mol. The molecule has 0 spiro atoms. The van der Waals surface area contributed by atoms with Crippen molar-refractivity contribution in [1.82, 2.24) is 15.1 Å². The Morgan fingerprint density at radius 2 is 2.37 bits per heavy atom. The lowest BCUT2D eigenvalue weighted by Crippen LogP contribution is -2.43. The standard InChI is InChI=1S/C15H27N3O/c1-5-12(2)18-8-6-14(17-18)11-16-13-7-9-19-15(3,4)10-13/h6,8,12-13,16H,5,7,9-11H2,1-4H3. The van der Waals surface area contributed by atoms with E-state index < -0.39 is 0 Å². The number of aromatic nitrogens is 2. The van der Waals surface area contributed by atoms with E-state index >= 15 is 0 Å². The van der Waals surface area contributed by atoms with Crippen LogP contribution in [0.5, 0.6) is 0 Å². The Hall–Kier alpha value is -0.870. The molecule has 4 nitrogen and oxygen atoms in total. The number of nitrogens with one attached hydrogen (secondary N) is 1. The van der Waals surface area contributed by atoms with Gasteiger partial charge in [0, 0.05) is 31.4 Å². The molecule has 0 saturated carbocycles. The van der Waals surface area contributed by atoms with Gasteiger partial charge in [0.05, 0.1) is 11.3 Å². The average Bonchev–Trinajstić information content (AvgIpc) is 2.83. The first-order valence-electron chi connectivity index (χ1n) is 7.41. The zero-order valence-electron chi connectivity index (χ0n) is 12.6. The van der Waals surface area contributed by atoms with E-state index in [1.54, 1.807) is 0 Å². The van der Waals surface area contributed by atoms with Crippen molar-refractivity contribution < 1.29 is 4.74 Å². The highest BCUT2D eigenvalue weighted by Gasteiger charge is 2.28. The molecule has 2 unspecified atom stereocenters. The Labute approximate surface area is 116 Å². The molecule has 1 N–H and O–H groups in total. The molecule has 1 saturated heterocycles. The summed E-state index contributed by atoms with van der Waals surface area (Å²) in [7, 11) is 0. The van der Waals surface area contributed by atoms with Crippen molar-refractivity contribution in [3.05, 3.63) is 18.0 Å². The van der Waals surface area contributed by atoms with Gasteiger partial charge in [-0.2, -0.15) is 5.10 Å². The molecule has 2 rings (SSSR count). The Morgan fingerprint density at radius 1 is 1.58 bits per heavy atom. The maximum Gasteiger partial charge on any atom is 0.0762 e. The maximum atomic E-state index is 5.74. The van der Waals surface area contributed by atoms with Gasteiger partial charge in [0.15, 0.2) is 0 Å². The van der Waals surface area contributed by atoms with E-state index in [0.29, 0.717) is 12.1 Å². The highest BCUT2D eigenvalue weighted by Crippen LogP contribution is 2.24. The second-order valence-corrected chi connectivity index (χ2v) is 6.22. The molecule has 2 atom stereocenters. The third-order valence-electron chi connectivity index (χ3n) is 3.97. The van der Waals surface area contributed by atoms with E-state index in [-0.39, 0.29) is 5.60 Å². The molecule has 1 fully saturated rings. The fraction of sp³-hybridized carbons (Fsp3) is 0.800. The molecule has 1 aliphatic rings. The Bertz CT molecular complexity index is 400. The van der Waals surface area contributed by atoms with Crippen LogP contribution < -0.4 is 5.32 Å². The predicted molar refractivity (Wildman–Crippen MR) is 77.1 cm³/mol. The minimum atomic E-state index is 0.00595. The van der Waals surface area contributed by atoms with E-state index in [1.165, 1.54) is 0 Å². The highest BCUT2D eigenvalue weighted by atomic mass is 16.5. The number of hydrogen-bond donors (Lipinski definition) is 1. The molecule has 2 heterocycles. The quantitative estimate of drug-likeness (QED) is 0.889. The Balaban J connectivity index is 1.83. The SMILES string of the molecule is CCC(C)n1ccc(CNC2CCOC(C)(C)C2)n1. The second kappa shape index (κ2) is 6.06. The number of nitrogens with zero attached hydrogens (tertiary/aromatic N) is 2. The third kappa shape index (κ3) is 4.05. The van der Waals surface area contributed by atoms with E-state index in [9.17, 15) is 0 Å². The first kappa shape index (κ1) is 14.5. The summed E-state index contributed by atoms with van der Waals surface area (Å²) < 4.78 is 7.80. The van der Waals surface area contributed by atoms with E-state index in [4.69, 9.17) is 4.74 Å². The molecule has 0 radical (unpaired) electrons. The second-order valence-electron chi connectivity index (χ2n) is 6.22. The molecule has 1 aliphatic heterocycles. The van der Waals surface area contributed by atoms with Crippen LogP contribution in [0.15, 0.2) is 12.3 Å². The fourth-order valence-electron chi connectivity index (χ4n) is 2.56. The van der Waals surface area contributed by atoms with Crippen LogP contribution in [0.3, 0.4) is 0 Å². The van der Waals surface area contributed by atoms with Gasteiger partial charge in [0.1, 0.15) is 0 Å². The third-order valence-corrected chi connectivity index (χ3v) is 3.97. The van der Waals surface area contributed by atoms with Gasteiger partial charge in [-0.05, 0) is 46.1 Å². The van der Waals surface area contributed by atoms with E-state index in [0.717, 1.165) is 38.1 Å². The summed E-state index contributed by atoms with van der Waals surface area (Å²) in [5.41, 5.74) is 1.14. The molecule has 4 heteroatoms. The number of rotatable bonds is 5. The highest BCUT2D eigenvalue weighted by molar-refractivity contribution is 5.00. The van der Waals surface area contributed by atoms with Crippen LogP contribution in [-0.2, 0) is 11.3 Å². The first-order chi connectivity index (χ1) is 9.00. The zero-order valence-corrected chi connectivity index (χ0v) is 12.6. The molecule has 108 valence electrons. The summed E-state index contributed by atoms with van der Waals surface area (Å²) in [6.45, 7) is 10.4. The summed E-state index contributed by atoms with van der Waals surface area (Å²) in [6, 6.07) is 3.14. The normalized spacial score (nSPS) is 24.3. The summed E-state index contributed by atoms with van der Waals surface area (Å²) in [5.74, 6) is 0. The molecular formula is C15H27N3O. The lowest BCUT2D eigenvalue weighted by molar-refractivity contribution is -0.0631. The minimum absolute atomic E-state index is 0.00595. The van der Waals surface area contributed by atoms with Gasteiger partial charge in [-0.25, -0.2) is 0 Å². The molecule has 1 aromatic rings. The monoisotopic (exact) mass is 265 g/mol. The van der Waals surface area contributed by atoms with Gasteiger partial charge in [0.2, 0.25) is 0 Å². The van der Waals surface area contributed by atoms with Gasteiger partial charge in [-0.1, -0.05) is 6.92 Å². The van der Waals surface area contributed by atoms with Gasteiger partial charge in [-0.15, -0.1) is 0 Å². The van der Waals surface area contributed by atoms with Crippen LogP contribution in [0.25, 0.3) is 0 Å². The largest absolute Gasteiger partial charge is 0.375 e. The summed E-state index contributed by atoms with van der Waals surface area (Å²) in [5, 5.41) is 8.23. The van der Waals surface area contributed by atoms with E-state index in [2.05, 4.69) is 55.1 Å². The van der Waals surface area contributed by atoms with Crippen LogP contribution in [0.1, 0.15) is 58.7 Å². The zero-order chi connectivity index (χ0) is 13.9. The van der Waals surface area contributed by atoms with Gasteiger partial charge in [0.25, 0.3) is 0 Å². The van der Waals surface area contributed by atoms with Crippen LogP contribution in [0, 0.1) is 0 Å². The Kier molecular flexibility index (Phi) is 4.63. The van der Waals surface area contributed by atoms with Gasteiger partial charge in [-0.3, -0.25) is 4.68 Å². The van der Waals surface area contributed by atoms with Gasteiger partial charge < -0.3 is 10.1 Å². The summed E-state index contributed by atoms with van der Waals surface area (Å²) in [6.07, 6.45) is 5.36. The maximum absolute atomic E-state index is 5.74. The molecule has 1 aromatic heterocycles. The van der Waals surface area contributed by atoms with Crippen LogP contribution >= 0.6 is 0 Å². The molecule has 0 aliphatic carbocycles. The summed E-state index contributed by atoms with van der Waals surface area (Å²) in [4.78, 5) is 0. The van der Waals surface area contributed by atoms with Crippen molar-refractivity contribution in [3.63, 3.8) is 0 Å². The first-order valence-corrected chi connectivity index (χ1v) is 7.41. The summed E-state index contributed by atoms with van der Waals surface area (Å²) >= 11 is 0. The van der Waals surface area contributed by atoms with Crippen molar-refractivity contribution >= 4 is 0 Å². The van der Waals surface area contributed by atoms with Crippen LogP contribution in [0.4, 0.5) is 0 Å². The van der Waals surface area contributed by atoms with Crippen molar-refractivity contribution in [1.29, 1.82) is 0 Å². The number of ether oxygens (including phenoxy) is 1. The molecule has 0 aromatic carbocycles. The fourth-order valence-corrected chi connectivity index (χ4v) is 2.56. The topological polar surface area (TPSA) is 39.1 Å². The average molecular weight is 265 g/mol. The number of hydrogen-bond acceptors (Lipinski definition) is 3. The van der Waals surface area contributed by atoms with Gasteiger partial charge >= 0.3 is 0 Å². The molecule has 0 bridgehead atoms. The van der Waals surface area contributed by atoms with Crippen molar-refractivity contribution in [2.45, 2.75) is 71.2 Å². The Morgan fingerprint density at radius 3 is 3.05 bits per heavy atom. The molecule has 0 amide bonds. The van der Waals surface area contributed by atoms with Crippen molar-refractivity contribution in [3.8, 4) is 0 Å². The van der Waals surface area contributed by atoms with Crippen LogP contribution in [-0.4, -0.2) is 28.0 Å². The predicted octanol–water partition coefficient (Wildman–Crippen LogP) is 2.90. The van der Waals surface area contributed by atoms with E-state index in [1.807, 2.05) is 0 Å². The van der Waals surface area contributed by atoms with Crippen molar-refractivity contribution in [2.75, 3.05) is 6.61 Å².